The summed E-state index contributed by atoms with van der Waals surface area (Å²) in [5, 5.41) is 2.72. The fraction of sp³-hybridized carbons (Fsp3) is 0.500. The van der Waals surface area contributed by atoms with Gasteiger partial charge in [-0.2, -0.15) is 0 Å². The first-order valence-corrected chi connectivity index (χ1v) is 6.55. The quantitative estimate of drug-likeness (QED) is 0.533. The Balaban J connectivity index is 2.15. The molecule has 1 aromatic rings. The van der Waals surface area contributed by atoms with Crippen LogP contribution in [0.4, 0.5) is 10.1 Å². The van der Waals surface area contributed by atoms with Crippen LogP contribution in [0.1, 0.15) is 23.2 Å². The third-order valence-electron chi connectivity index (χ3n) is 2.70. The van der Waals surface area contributed by atoms with E-state index in [1.165, 1.54) is 12.1 Å². The first kappa shape index (κ1) is 16.4. The minimum Gasteiger partial charge on any atom is -0.396 e. The topological polar surface area (TPSA) is 73.6 Å². The first-order valence-electron chi connectivity index (χ1n) is 6.55. The average molecular weight is 284 g/mol. The number of rotatable bonds is 9. The Hall–Kier alpha value is -1.66. The molecular weight excluding hydrogens is 263 g/mol. The van der Waals surface area contributed by atoms with E-state index in [0.29, 0.717) is 26.4 Å². The molecule has 0 bridgehead atoms. The number of carbonyl (C=O) groups excluding carboxylic acids is 1. The van der Waals surface area contributed by atoms with Crippen LogP contribution in [-0.4, -0.2) is 39.4 Å². The van der Waals surface area contributed by atoms with Crippen molar-refractivity contribution in [3.63, 3.8) is 0 Å². The van der Waals surface area contributed by atoms with Crippen LogP contribution in [0.15, 0.2) is 18.2 Å². The van der Waals surface area contributed by atoms with E-state index in [-0.39, 0.29) is 17.2 Å². The van der Waals surface area contributed by atoms with Gasteiger partial charge in [0.05, 0.1) is 18.9 Å². The molecular formula is C14H21FN2O3. The molecule has 0 saturated carbocycles. The van der Waals surface area contributed by atoms with Crippen LogP contribution < -0.4 is 11.1 Å². The van der Waals surface area contributed by atoms with Gasteiger partial charge in [-0.25, -0.2) is 4.39 Å². The van der Waals surface area contributed by atoms with Crippen molar-refractivity contribution in [3.8, 4) is 0 Å². The fourth-order valence-corrected chi connectivity index (χ4v) is 1.55. The zero-order valence-electron chi connectivity index (χ0n) is 11.7. The minimum atomic E-state index is -0.579. The Kier molecular flexibility index (Phi) is 7.60. The van der Waals surface area contributed by atoms with Gasteiger partial charge >= 0.3 is 0 Å². The molecule has 6 heteroatoms. The minimum absolute atomic E-state index is 0.0368. The highest BCUT2D eigenvalue weighted by Crippen LogP contribution is 2.11. The summed E-state index contributed by atoms with van der Waals surface area (Å²) in [5.41, 5.74) is 5.66. The predicted octanol–water partition coefficient (Wildman–Crippen LogP) is 1.58. The largest absolute Gasteiger partial charge is 0.396 e. The average Bonchev–Trinajstić information content (AvgIpc) is 2.44. The zero-order chi connectivity index (χ0) is 14.8. The molecule has 0 spiro atoms. The maximum absolute atomic E-state index is 13.2. The number of nitrogen functional groups attached to an aromatic ring is 1. The lowest BCUT2D eigenvalue weighted by Gasteiger charge is -2.06. The maximum atomic E-state index is 13.2. The Morgan fingerprint density at radius 1 is 1.30 bits per heavy atom. The van der Waals surface area contributed by atoms with E-state index in [1.54, 1.807) is 7.11 Å². The molecule has 1 amide bonds. The molecule has 20 heavy (non-hydrogen) atoms. The Bertz CT molecular complexity index is 427. The number of nitrogens with one attached hydrogen (secondary N) is 1. The monoisotopic (exact) mass is 284 g/mol. The molecule has 0 aliphatic heterocycles. The number of amides is 1. The van der Waals surface area contributed by atoms with Crippen molar-refractivity contribution >= 4 is 11.6 Å². The number of carbonyl (C=O) groups is 1. The molecule has 0 unspecified atom stereocenters. The van der Waals surface area contributed by atoms with E-state index in [9.17, 15) is 9.18 Å². The van der Waals surface area contributed by atoms with Crippen LogP contribution in [0.3, 0.4) is 0 Å². The lowest BCUT2D eigenvalue weighted by atomic mass is 10.2. The summed E-state index contributed by atoms with van der Waals surface area (Å²) in [5.74, 6) is -0.881. The van der Waals surface area contributed by atoms with Crippen molar-refractivity contribution in [2.24, 2.45) is 0 Å². The Morgan fingerprint density at radius 2 is 2.10 bits per heavy atom. The van der Waals surface area contributed by atoms with Crippen LogP contribution in [0.2, 0.25) is 0 Å². The number of unbranched alkanes of at least 4 members (excludes halogenated alkanes) is 1. The fourth-order valence-electron chi connectivity index (χ4n) is 1.55. The van der Waals surface area contributed by atoms with Gasteiger partial charge in [-0.3, -0.25) is 4.79 Å². The molecule has 1 rings (SSSR count). The second-order valence-electron chi connectivity index (χ2n) is 4.30. The highest BCUT2D eigenvalue weighted by Gasteiger charge is 2.07. The van der Waals surface area contributed by atoms with Crippen LogP contribution in [0.25, 0.3) is 0 Å². The molecule has 0 aliphatic rings. The Morgan fingerprint density at radius 3 is 2.80 bits per heavy atom. The zero-order valence-corrected chi connectivity index (χ0v) is 11.7. The van der Waals surface area contributed by atoms with Crippen molar-refractivity contribution in [2.75, 3.05) is 39.2 Å². The van der Waals surface area contributed by atoms with Crippen molar-refractivity contribution < 1.29 is 18.7 Å². The van der Waals surface area contributed by atoms with Crippen molar-refractivity contribution in [1.29, 1.82) is 0 Å². The van der Waals surface area contributed by atoms with Gasteiger partial charge in [0.15, 0.2) is 0 Å². The second-order valence-corrected chi connectivity index (χ2v) is 4.30. The summed E-state index contributed by atoms with van der Waals surface area (Å²) in [6, 6.07) is 4.02. The van der Waals surface area contributed by atoms with Gasteiger partial charge < -0.3 is 20.5 Å². The van der Waals surface area contributed by atoms with Crippen molar-refractivity contribution in [3.05, 3.63) is 29.6 Å². The van der Waals surface area contributed by atoms with E-state index >= 15 is 0 Å². The molecule has 112 valence electrons. The van der Waals surface area contributed by atoms with E-state index in [0.717, 1.165) is 18.9 Å². The number of anilines is 1. The van der Waals surface area contributed by atoms with Crippen LogP contribution in [-0.2, 0) is 9.47 Å². The number of benzene rings is 1. The van der Waals surface area contributed by atoms with E-state index in [2.05, 4.69) is 5.32 Å². The van der Waals surface area contributed by atoms with Gasteiger partial charge in [0.2, 0.25) is 0 Å². The summed E-state index contributed by atoms with van der Waals surface area (Å²) in [6.45, 7) is 2.32. The third kappa shape index (κ3) is 5.99. The molecule has 0 fully saturated rings. The molecule has 0 aliphatic carbocycles. The van der Waals surface area contributed by atoms with E-state index in [1.807, 2.05) is 0 Å². The maximum Gasteiger partial charge on any atom is 0.251 e. The molecule has 5 nitrogen and oxygen atoms in total. The smallest absolute Gasteiger partial charge is 0.251 e. The Labute approximate surface area is 118 Å². The normalized spacial score (nSPS) is 10.5. The molecule has 0 atom stereocenters. The lowest BCUT2D eigenvalue weighted by molar-refractivity contribution is 0.0686. The van der Waals surface area contributed by atoms with Gasteiger partial charge in [0.1, 0.15) is 5.82 Å². The third-order valence-corrected chi connectivity index (χ3v) is 2.70. The van der Waals surface area contributed by atoms with Gasteiger partial charge in [-0.1, -0.05) is 0 Å². The molecule has 0 aromatic heterocycles. The molecule has 3 N–H and O–H groups in total. The second kappa shape index (κ2) is 9.28. The first-order chi connectivity index (χ1) is 9.65. The van der Waals surface area contributed by atoms with Crippen molar-refractivity contribution in [1.82, 2.24) is 5.32 Å². The van der Waals surface area contributed by atoms with Gasteiger partial charge in [0, 0.05) is 25.8 Å². The highest BCUT2D eigenvalue weighted by molar-refractivity contribution is 5.94. The van der Waals surface area contributed by atoms with E-state index in [4.69, 9.17) is 15.2 Å². The summed E-state index contributed by atoms with van der Waals surface area (Å²) < 4.78 is 23.3. The number of methoxy groups -OCH3 is 1. The van der Waals surface area contributed by atoms with Crippen LogP contribution >= 0.6 is 0 Å². The number of hydrogen-bond donors (Lipinski definition) is 2. The van der Waals surface area contributed by atoms with E-state index < -0.39 is 5.82 Å². The van der Waals surface area contributed by atoms with Gasteiger partial charge in [0.25, 0.3) is 5.91 Å². The summed E-state index contributed by atoms with van der Waals surface area (Å²) in [6.07, 6.45) is 1.65. The lowest BCUT2D eigenvalue weighted by Crippen LogP contribution is -2.24. The van der Waals surface area contributed by atoms with Crippen LogP contribution in [0, 0.1) is 5.82 Å². The van der Waals surface area contributed by atoms with Gasteiger partial charge in [-0.05, 0) is 31.0 Å². The summed E-state index contributed by atoms with van der Waals surface area (Å²) in [4.78, 5) is 11.7. The standard InChI is InChI=1S/C14H21FN2O3/c1-19-8-9-20-7-3-2-6-17-14(18)11-4-5-13(16)12(15)10-11/h4-5,10H,2-3,6-9,16H2,1H3,(H,17,18). The predicted molar refractivity (Wildman–Crippen MR) is 75.1 cm³/mol. The summed E-state index contributed by atoms with van der Waals surface area (Å²) in [7, 11) is 1.62. The molecule has 0 radical (unpaired) electrons. The molecule has 0 saturated heterocycles. The molecule has 0 heterocycles. The number of hydrogen-bond acceptors (Lipinski definition) is 4. The van der Waals surface area contributed by atoms with Gasteiger partial charge in [-0.15, -0.1) is 0 Å². The number of nitrogens with two attached hydrogens (primary N) is 1. The number of ether oxygens (including phenoxy) is 2. The summed E-state index contributed by atoms with van der Waals surface area (Å²) >= 11 is 0. The van der Waals surface area contributed by atoms with Crippen LogP contribution in [0.5, 0.6) is 0 Å². The number of halogens is 1. The van der Waals surface area contributed by atoms with Crippen molar-refractivity contribution in [2.45, 2.75) is 12.8 Å². The highest BCUT2D eigenvalue weighted by atomic mass is 19.1. The molecule has 1 aromatic carbocycles. The SMILES string of the molecule is COCCOCCCCNC(=O)c1ccc(N)c(F)c1.